The van der Waals surface area contributed by atoms with Crippen molar-refractivity contribution >= 4 is 80.7 Å². The van der Waals surface area contributed by atoms with Crippen molar-refractivity contribution in [2.45, 2.75) is 178 Å². The molecule has 5 aliphatic heterocycles. The van der Waals surface area contributed by atoms with Crippen LogP contribution in [0, 0.1) is 0 Å². The van der Waals surface area contributed by atoms with Gasteiger partial charge in [-0.1, -0.05) is 0 Å². The highest BCUT2D eigenvalue weighted by Crippen LogP contribution is 2.35. The maximum absolute atomic E-state index is 11.4. The fraction of sp³-hybridized carbons (Fsp3) is 0.972. The Morgan fingerprint density at radius 3 is 0.959 bits per heavy atom. The number of aldehydes is 1. The summed E-state index contributed by atoms with van der Waals surface area (Å²) in [6.45, 7) is -5.19. The van der Waals surface area contributed by atoms with Gasteiger partial charge >= 0.3 is 0 Å². The smallest absolute Gasteiger partial charge is 0.176 e. The third-order valence-corrected chi connectivity index (χ3v) is 12.4. The Labute approximate surface area is 454 Å². The average Bonchev–Trinajstić information content (AvgIpc) is 3.33. The molecule has 0 radical (unpaired) electrons. The summed E-state index contributed by atoms with van der Waals surface area (Å²) in [5, 5.41) is 146. The minimum atomic E-state index is -1.89. The van der Waals surface area contributed by atoms with Gasteiger partial charge in [0.2, 0.25) is 0 Å². The molecule has 0 aliphatic carbocycles. The van der Waals surface area contributed by atoms with Gasteiger partial charge in [-0.15, -0.1) is 74.4 Å². The molecule has 440 valence electrons. The Hall–Kier alpha value is 0.210. The second-order valence-electron chi connectivity index (χ2n) is 16.9. The second-order valence-corrected chi connectivity index (χ2v) is 16.9. The zero-order valence-electron chi connectivity index (χ0n) is 38.2. The molecule has 0 spiro atoms. The van der Waals surface area contributed by atoms with Gasteiger partial charge in [0.25, 0.3) is 0 Å². The lowest BCUT2D eigenvalue weighted by atomic mass is 9.93. The van der Waals surface area contributed by atoms with Gasteiger partial charge in [0, 0.05) is 0 Å². The van der Waals surface area contributed by atoms with Crippen molar-refractivity contribution in [2.75, 3.05) is 39.6 Å². The van der Waals surface area contributed by atoms with Crippen molar-refractivity contribution < 1.29 is 124 Å². The fourth-order valence-electron chi connectivity index (χ4n) is 8.32. The summed E-state index contributed by atoms with van der Waals surface area (Å²) < 4.78 is 57.5. The van der Waals surface area contributed by atoms with Crippen LogP contribution in [0.4, 0.5) is 0 Å². The molecule has 29 atom stereocenters. The Bertz CT molecular complexity index is 1530. The minimum absolute atomic E-state index is 0. The van der Waals surface area contributed by atoms with Crippen molar-refractivity contribution in [3.63, 3.8) is 0 Å². The molecule has 5 rings (SSSR count). The lowest BCUT2D eigenvalue weighted by Gasteiger charge is -2.50. The van der Waals surface area contributed by atoms with E-state index in [1.54, 1.807) is 0 Å². The molecule has 5 saturated heterocycles. The van der Waals surface area contributed by atoms with Crippen LogP contribution in [0.3, 0.4) is 0 Å². The van der Waals surface area contributed by atoms with E-state index >= 15 is 0 Å². The van der Waals surface area contributed by atoms with Crippen molar-refractivity contribution in [3.05, 3.63) is 0 Å². The third-order valence-electron chi connectivity index (χ3n) is 12.4. The molecule has 5 aliphatic rings. The maximum Gasteiger partial charge on any atom is 0.176 e. The Morgan fingerprint density at radius 2 is 0.685 bits per heavy atom. The number of aliphatic hydroxyl groups is 14. The first-order valence-corrected chi connectivity index (χ1v) is 21.4. The number of rotatable bonds is 20. The van der Waals surface area contributed by atoms with E-state index in [0.29, 0.717) is 0 Å². The molecule has 0 aromatic rings. The molecule has 5 fully saturated rings. The fourth-order valence-corrected chi connectivity index (χ4v) is 8.32. The van der Waals surface area contributed by atoms with Crippen LogP contribution in [-0.2, 0) is 52.2 Å². The first kappa shape index (κ1) is 75.3. The van der Waals surface area contributed by atoms with Crippen molar-refractivity contribution in [3.8, 4) is 0 Å². The number of carbonyl (C=O) groups excluding carboxylic acids is 1. The second kappa shape index (κ2) is 33.7. The molecule has 26 N–H and O–H groups in total. The van der Waals surface area contributed by atoms with Gasteiger partial charge in [-0.2, -0.15) is 0 Å². The first-order valence-electron chi connectivity index (χ1n) is 21.4. The number of hydrogen-bond acceptors (Lipinski definition) is 31. The predicted octanol–water partition coefficient (Wildman–Crippen LogP) is -11.9. The highest BCUT2D eigenvalue weighted by atomic mass is 35.5. The molecule has 5 heterocycles. The summed E-state index contributed by atoms with van der Waals surface area (Å²) in [5.41, 5.74) is 36.5. The van der Waals surface area contributed by atoms with Crippen molar-refractivity contribution in [1.29, 1.82) is 0 Å². The molecule has 0 unspecified atom stereocenters. The Kier molecular flexibility index (Phi) is 34.8. The molecule has 37 heteroatoms. The van der Waals surface area contributed by atoms with E-state index in [-0.39, 0.29) is 80.7 Å². The van der Waals surface area contributed by atoms with Crippen LogP contribution in [0.2, 0.25) is 0 Å². The van der Waals surface area contributed by atoms with Gasteiger partial charge in [0.1, 0.15) is 116 Å². The Balaban J connectivity index is 0. The number of nitrogens with two attached hydrogens (primary N) is 6. The normalized spacial score (nSPS) is 44.4. The van der Waals surface area contributed by atoms with Crippen LogP contribution in [0.15, 0.2) is 0 Å². The topological polar surface area (TPSA) is 549 Å². The highest BCUT2D eigenvalue weighted by molar-refractivity contribution is 5.86. The molecule has 0 aromatic carbocycles. The van der Waals surface area contributed by atoms with E-state index in [0.717, 1.165) is 0 Å². The van der Waals surface area contributed by atoms with E-state index < -0.39 is 217 Å². The summed E-state index contributed by atoms with van der Waals surface area (Å²) >= 11 is 0. The van der Waals surface area contributed by atoms with E-state index in [4.69, 9.17) is 81.8 Å². The van der Waals surface area contributed by atoms with Crippen LogP contribution in [0.25, 0.3) is 0 Å². The zero-order valence-corrected chi connectivity index (χ0v) is 43.1. The van der Waals surface area contributed by atoms with Crippen molar-refractivity contribution in [1.82, 2.24) is 0 Å². The molecule has 0 bridgehead atoms. The Morgan fingerprint density at radius 1 is 0.425 bits per heavy atom. The molecular weight excluding hydrogens is 1130 g/mol. The number of hydrogen-bond donors (Lipinski definition) is 20. The molecule has 31 nitrogen and oxygen atoms in total. The standard InChI is InChI=1S/C36H68N6O25.6ClH/c37-8(1-43)20(51)27(9(50)2-44)63-33-16(39)23(54)29(11(4-46)59-33)65-35-18(41)25(56)31(13(6-48)61-35)67-36-19(42)26(57)30(14(7-49)62-36)66-34-17(40)24(55)28(12(5-47)60-34)64-32-15(38)22(53)21(52)10(3-45)58-32;;;;;;/h1,8-36,44-57H,2-7,37-42H2;6*1H/t8-,9+,10+,11+,12+,13+,14+,15+,16+,17+,18+,19+,20+,21+,22+,23+,24+,25+,26+,27+,28+,29+,30+,31+,32-,33-,34-,35-,36-;;;;;;/m0....../s1. The molecule has 0 aromatic heterocycles. The highest BCUT2D eigenvalue weighted by Gasteiger charge is 2.56. The van der Waals surface area contributed by atoms with Gasteiger partial charge in [0.15, 0.2) is 31.5 Å². The summed E-state index contributed by atoms with van der Waals surface area (Å²) in [4.78, 5) is 11.2. The van der Waals surface area contributed by atoms with Crippen LogP contribution in [0.5, 0.6) is 0 Å². The number of ether oxygens (including phenoxy) is 10. The molecule has 0 saturated carbocycles. The lowest BCUT2D eigenvalue weighted by molar-refractivity contribution is -0.365. The van der Waals surface area contributed by atoms with E-state index in [9.17, 15) is 76.3 Å². The summed E-state index contributed by atoms with van der Waals surface area (Å²) in [6, 6.07) is -9.23. The van der Waals surface area contributed by atoms with Crippen LogP contribution in [-0.4, -0.2) is 295 Å². The van der Waals surface area contributed by atoms with E-state index in [2.05, 4.69) is 0 Å². The monoisotopic (exact) mass is 1200 g/mol. The third kappa shape index (κ3) is 16.7. The molecular formula is C36H74Cl6N6O25. The minimum Gasteiger partial charge on any atom is -0.394 e. The van der Waals surface area contributed by atoms with Gasteiger partial charge in [-0.3, -0.25) is 0 Å². The summed E-state index contributed by atoms with van der Waals surface area (Å²) in [5.74, 6) is 0. The van der Waals surface area contributed by atoms with Gasteiger partial charge in [0.05, 0.1) is 75.9 Å². The molecule has 0 amide bonds. The van der Waals surface area contributed by atoms with Gasteiger partial charge in [-0.05, 0) is 0 Å². The van der Waals surface area contributed by atoms with Gasteiger partial charge in [-0.25, -0.2) is 0 Å². The first-order chi connectivity index (χ1) is 31.7. The zero-order chi connectivity index (χ0) is 49.8. The number of halogens is 6. The van der Waals surface area contributed by atoms with Crippen LogP contribution >= 0.6 is 74.4 Å². The molecule has 73 heavy (non-hydrogen) atoms. The lowest BCUT2D eigenvalue weighted by Crippen LogP contribution is -2.71. The maximum atomic E-state index is 11.4. The van der Waals surface area contributed by atoms with Crippen molar-refractivity contribution in [2.24, 2.45) is 34.4 Å². The largest absolute Gasteiger partial charge is 0.394 e. The average molecular weight is 1200 g/mol. The van der Waals surface area contributed by atoms with Crippen LogP contribution in [0.1, 0.15) is 0 Å². The van der Waals surface area contributed by atoms with E-state index in [1.165, 1.54) is 0 Å². The number of aliphatic hydroxyl groups excluding tert-OH is 14. The quantitative estimate of drug-likeness (QED) is 0.0503. The SMILES string of the molecule is Cl.Cl.Cl.Cl.Cl.Cl.N[C@H]1[C@H](O[C@H]2[C@H](O)[C@@H](N)[C@H](O[C@H]3[C@H](O)[C@@H](N)[C@H](O[C@H]4[C@H](O)[C@@H](N)[C@H](O[C@H]5[C@H](O)[C@@H](N)[C@H](O[C@@H]([C@H](O)[C@@H](N)C=O)[C@H](O)CO)O[C@@H]5CO)O[C@@H]4CO)O[C@@H]3CO)O[C@@H]2CO)O[C@H](CO)[C@@H](O)[C@@H]1O. The predicted molar refractivity (Wildman–Crippen MR) is 256 cm³/mol. The van der Waals surface area contributed by atoms with Gasteiger partial charge < -0.3 is 158 Å². The summed E-state index contributed by atoms with van der Waals surface area (Å²) in [6.07, 6.45) is -37.6. The van der Waals surface area contributed by atoms with E-state index in [1.807, 2.05) is 0 Å². The number of carbonyl (C=O) groups is 1. The summed E-state index contributed by atoms with van der Waals surface area (Å²) in [7, 11) is 0. The van der Waals surface area contributed by atoms with Crippen LogP contribution < -0.4 is 34.4 Å².